The van der Waals surface area contributed by atoms with E-state index in [4.69, 9.17) is 9.47 Å². The number of anilines is 2. The third kappa shape index (κ3) is 4.84. The summed E-state index contributed by atoms with van der Waals surface area (Å²) in [5, 5.41) is 0. The minimum absolute atomic E-state index is 0.0707. The average molecular weight is 742 g/mol. The second-order valence-electron chi connectivity index (χ2n) is 17.6. The molecular weight excluding hydrogens is 695 g/mol. The van der Waals surface area contributed by atoms with E-state index in [1.807, 2.05) is 0 Å². The zero-order valence-corrected chi connectivity index (χ0v) is 33.3. The van der Waals surface area contributed by atoms with Crippen LogP contribution in [0.15, 0.2) is 175 Å². The molecule has 0 amide bonds. The minimum atomic E-state index is -0.351. The maximum absolute atomic E-state index is 7.44. The lowest BCUT2D eigenvalue weighted by Gasteiger charge is -2.39. The highest BCUT2D eigenvalue weighted by Gasteiger charge is 2.52. The van der Waals surface area contributed by atoms with Crippen molar-refractivity contribution in [2.75, 3.05) is 4.90 Å². The number of benzene rings is 5. The summed E-state index contributed by atoms with van der Waals surface area (Å²) in [6, 6.07) is 41.9. The first-order valence-corrected chi connectivity index (χ1v) is 20.5. The molecule has 280 valence electrons. The molecule has 57 heavy (non-hydrogen) atoms. The molecule has 2 heterocycles. The second kappa shape index (κ2) is 12.2. The quantitative estimate of drug-likeness (QED) is 0.179. The Balaban J connectivity index is 1.01. The normalized spacial score (nSPS) is 26.6. The monoisotopic (exact) mass is 741 g/mol. The lowest BCUT2D eigenvalue weighted by molar-refractivity contribution is 0.208. The van der Waals surface area contributed by atoms with Crippen LogP contribution in [0.1, 0.15) is 68.9 Å². The summed E-state index contributed by atoms with van der Waals surface area (Å²) in [4.78, 5) is 2.42. The predicted molar refractivity (Wildman–Crippen MR) is 234 cm³/mol. The van der Waals surface area contributed by atoms with Gasteiger partial charge in [0.2, 0.25) is 0 Å². The zero-order chi connectivity index (χ0) is 38.7. The van der Waals surface area contributed by atoms with Crippen LogP contribution < -0.4 is 14.4 Å². The van der Waals surface area contributed by atoms with Crippen molar-refractivity contribution in [3.05, 3.63) is 203 Å². The molecule has 0 saturated carbocycles. The fourth-order valence-corrected chi connectivity index (χ4v) is 10.7. The molecule has 0 spiro atoms. The molecule has 0 fully saturated rings. The van der Waals surface area contributed by atoms with E-state index < -0.39 is 0 Å². The summed E-state index contributed by atoms with van der Waals surface area (Å²) in [5.74, 6) is 2.46. The van der Waals surface area contributed by atoms with E-state index in [1.54, 1.807) is 0 Å². The van der Waals surface area contributed by atoms with Gasteiger partial charge in [-0.1, -0.05) is 148 Å². The summed E-state index contributed by atoms with van der Waals surface area (Å²) >= 11 is 0. The standard InChI is InChI=1S/C54H47NO2/c1-34-14-11-19-42-47(34)48-43(52(42,2)3)30-31-44-49(48)57-51-45(20-13-33-54(44,51)5)55(38-26-22-36(23-27-38)35-15-7-6-8-16-35)39-28-24-37(25-29-39)53(4)32-12-18-41-40-17-9-10-21-46(40)56-50(41)53/h6-13,15-34,50-51H,14H2,1-5H3. The highest BCUT2D eigenvalue weighted by molar-refractivity contribution is 5.89. The van der Waals surface area contributed by atoms with Crippen molar-refractivity contribution in [2.45, 2.75) is 69.5 Å². The Morgan fingerprint density at radius 2 is 1.30 bits per heavy atom. The van der Waals surface area contributed by atoms with Crippen molar-refractivity contribution in [3.8, 4) is 22.6 Å². The van der Waals surface area contributed by atoms with Crippen LogP contribution in [0.3, 0.4) is 0 Å². The predicted octanol–water partition coefficient (Wildman–Crippen LogP) is 13.0. The van der Waals surface area contributed by atoms with Gasteiger partial charge >= 0.3 is 0 Å². The lowest BCUT2D eigenvalue weighted by Crippen LogP contribution is -2.42. The Hall–Kier alpha value is -6.06. The third-order valence-corrected chi connectivity index (χ3v) is 13.9. The van der Waals surface area contributed by atoms with Gasteiger partial charge in [-0.05, 0) is 96.0 Å². The molecule has 0 radical (unpaired) electrons. The molecule has 5 atom stereocenters. The van der Waals surface area contributed by atoms with Crippen LogP contribution in [-0.4, -0.2) is 12.2 Å². The number of rotatable bonds is 5. The molecule has 4 aliphatic carbocycles. The first-order valence-electron chi connectivity index (χ1n) is 20.5. The molecule has 0 bridgehead atoms. The van der Waals surface area contributed by atoms with E-state index in [9.17, 15) is 0 Å². The van der Waals surface area contributed by atoms with E-state index in [0.29, 0.717) is 5.92 Å². The number of fused-ring (bicyclic) bond motifs is 9. The Labute approximate surface area is 336 Å². The molecule has 5 aromatic carbocycles. The SMILES string of the molecule is CC1CC=CC2=C1c1c(ccc3c1OC1C(N(c4ccc(-c5ccccc5)cc4)c4ccc(C5(C)C=CC=C6c7ccccc7OC65)cc4)=CC=CC31C)C2(C)C. The van der Waals surface area contributed by atoms with Gasteiger partial charge in [0.05, 0.1) is 16.5 Å². The van der Waals surface area contributed by atoms with Crippen LogP contribution in [-0.2, 0) is 16.2 Å². The van der Waals surface area contributed by atoms with Crippen LogP contribution >= 0.6 is 0 Å². The van der Waals surface area contributed by atoms with E-state index in [2.05, 4.69) is 203 Å². The molecule has 5 unspecified atom stereocenters. The van der Waals surface area contributed by atoms with Crippen molar-refractivity contribution in [1.29, 1.82) is 0 Å². The zero-order valence-electron chi connectivity index (χ0n) is 33.3. The fourth-order valence-electron chi connectivity index (χ4n) is 10.7. The molecule has 0 N–H and O–H groups in total. The van der Waals surface area contributed by atoms with Crippen molar-refractivity contribution in [2.24, 2.45) is 5.92 Å². The molecule has 5 aromatic rings. The first kappa shape index (κ1) is 34.2. The van der Waals surface area contributed by atoms with Crippen molar-refractivity contribution >= 4 is 22.5 Å². The largest absolute Gasteiger partial charge is 0.484 e. The Morgan fingerprint density at radius 3 is 2.09 bits per heavy atom. The summed E-state index contributed by atoms with van der Waals surface area (Å²) in [7, 11) is 0. The van der Waals surface area contributed by atoms with Crippen molar-refractivity contribution < 1.29 is 9.47 Å². The molecule has 11 rings (SSSR count). The number of para-hydroxylation sites is 1. The average Bonchev–Trinajstić information content (AvgIpc) is 3.85. The van der Waals surface area contributed by atoms with Gasteiger partial charge in [-0.25, -0.2) is 0 Å². The van der Waals surface area contributed by atoms with Gasteiger partial charge in [-0.2, -0.15) is 0 Å². The van der Waals surface area contributed by atoms with Crippen LogP contribution in [0.25, 0.3) is 22.3 Å². The van der Waals surface area contributed by atoms with Crippen molar-refractivity contribution in [3.63, 3.8) is 0 Å². The first-order chi connectivity index (χ1) is 27.7. The highest BCUT2D eigenvalue weighted by Crippen LogP contribution is 2.60. The van der Waals surface area contributed by atoms with Crippen LogP contribution in [0.5, 0.6) is 11.5 Å². The topological polar surface area (TPSA) is 21.7 Å². The second-order valence-corrected chi connectivity index (χ2v) is 17.6. The van der Waals surface area contributed by atoms with Gasteiger partial charge in [0.15, 0.2) is 6.10 Å². The lowest BCUT2D eigenvalue weighted by atomic mass is 9.71. The van der Waals surface area contributed by atoms with Crippen molar-refractivity contribution in [1.82, 2.24) is 0 Å². The van der Waals surface area contributed by atoms with Crippen LogP contribution in [0, 0.1) is 5.92 Å². The van der Waals surface area contributed by atoms with E-state index in [1.165, 1.54) is 55.7 Å². The maximum atomic E-state index is 7.44. The van der Waals surface area contributed by atoms with Crippen LogP contribution in [0.2, 0.25) is 0 Å². The molecule has 0 aromatic heterocycles. The fraction of sp³-hybridized carbons (Fsp3) is 0.222. The van der Waals surface area contributed by atoms with Gasteiger partial charge in [0.25, 0.3) is 0 Å². The summed E-state index contributed by atoms with van der Waals surface area (Å²) in [6.07, 6.45) is 19.1. The third-order valence-electron chi connectivity index (χ3n) is 13.9. The molecule has 3 nitrogen and oxygen atoms in total. The summed E-state index contributed by atoms with van der Waals surface area (Å²) in [6.45, 7) is 11.8. The maximum Gasteiger partial charge on any atom is 0.152 e. The Morgan fingerprint density at radius 1 is 0.632 bits per heavy atom. The summed E-state index contributed by atoms with van der Waals surface area (Å²) in [5.41, 5.74) is 15.5. The highest BCUT2D eigenvalue weighted by atomic mass is 16.5. The number of hydrogen-bond acceptors (Lipinski definition) is 3. The van der Waals surface area contributed by atoms with Gasteiger partial charge in [0, 0.05) is 39.1 Å². The molecule has 2 aliphatic heterocycles. The molecular formula is C54H47NO2. The Kier molecular flexibility index (Phi) is 7.33. The molecule has 0 saturated heterocycles. The van der Waals surface area contributed by atoms with E-state index >= 15 is 0 Å². The molecule has 3 heteroatoms. The number of hydrogen-bond donors (Lipinski definition) is 0. The Bertz CT molecular complexity index is 2670. The van der Waals surface area contributed by atoms with Gasteiger partial charge in [-0.3, -0.25) is 0 Å². The summed E-state index contributed by atoms with van der Waals surface area (Å²) < 4.78 is 14.1. The van der Waals surface area contributed by atoms with E-state index in [-0.39, 0.29) is 28.5 Å². The number of allylic oxidation sites excluding steroid dienone is 8. The van der Waals surface area contributed by atoms with E-state index in [0.717, 1.165) is 35.0 Å². The molecule has 6 aliphatic rings. The minimum Gasteiger partial charge on any atom is -0.484 e. The van der Waals surface area contributed by atoms with Gasteiger partial charge in [0.1, 0.15) is 17.6 Å². The number of ether oxygens (including phenoxy) is 2. The number of nitrogens with zero attached hydrogens (tertiary/aromatic N) is 1. The smallest absolute Gasteiger partial charge is 0.152 e. The van der Waals surface area contributed by atoms with Gasteiger partial charge in [-0.15, -0.1) is 0 Å². The van der Waals surface area contributed by atoms with Gasteiger partial charge < -0.3 is 14.4 Å². The van der Waals surface area contributed by atoms with Crippen LogP contribution in [0.4, 0.5) is 11.4 Å².